The van der Waals surface area contributed by atoms with Crippen LogP contribution in [0.3, 0.4) is 0 Å². The van der Waals surface area contributed by atoms with E-state index in [0.717, 1.165) is 13.1 Å². The largest absolute Gasteiger partial charge is 0.375 e. The second kappa shape index (κ2) is 21.1. The Morgan fingerprint density at radius 3 is 0.425 bits per heavy atom. The van der Waals surface area contributed by atoms with Crippen LogP contribution in [0, 0.1) is 175 Å². The summed E-state index contributed by atoms with van der Waals surface area (Å²) in [6.07, 6.45) is 1.74. The van der Waals surface area contributed by atoms with Crippen molar-refractivity contribution < 1.29 is 132 Å². The lowest BCUT2D eigenvalue weighted by atomic mass is 9.36. The van der Waals surface area contributed by atoms with Crippen molar-refractivity contribution in [3.63, 3.8) is 0 Å². The topological polar surface area (TPSA) is 24.4 Å². The molecule has 7 rings (SSSR count). The Morgan fingerprint density at radius 2 is 0.342 bits per heavy atom. The lowest BCUT2D eigenvalue weighted by molar-refractivity contribution is 0.380. The molecule has 2 nitrogen and oxygen atoms in total. The molecule has 0 saturated heterocycles. The average molecular weight is 1090 g/mol. The third kappa shape index (κ3) is 9.30. The zero-order chi connectivity index (χ0) is 55.5. The van der Waals surface area contributed by atoms with Crippen LogP contribution >= 0.6 is 0 Å². The van der Waals surface area contributed by atoms with Gasteiger partial charge < -0.3 is 5.32 Å². The van der Waals surface area contributed by atoms with Crippen molar-refractivity contribution in [1.29, 1.82) is 0 Å². The van der Waals surface area contributed by atoms with Crippen LogP contribution in [0.4, 0.5) is 132 Å². The quantitative estimate of drug-likeness (QED) is 0.0775. The molecule has 0 atom stereocenters. The van der Waals surface area contributed by atoms with E-state index >= 15 is 0 Å². The Kier molecular flexibility index (Phi) is 16.4. The summed E-state index contributed by atoms with van der Waals surface area (Å²) in [5, 5.41) is 2.93. The fourth-order valence-electron chi connectivity index (χ4n) is 6.44. The number of rotatable bonds is 6. The molecule has 0 spiro atoms. The zero-order valence-corrected chi connectivity index (χ0v) is 33.4. The molecule has 0 unspecified atom stereocenters. The Morgan fingerprint density at radius 1 is 0.219 bits per heavy atom. The molecule has 73 heavy (non-hydrogen) atoms. The first-order valence-electron chi connectivity index (χ1n) is 18.1. The maximum atomic E-state index is 14.4. The van der Waals surface area contributed by atoms with Gasteiger partial charge in [0, 0.05) is 39.3 Å². The molecule has 1 N–H and O–H groups in total. The lowest BCUT2D eigenvalue weighted by Crippen LogP contribution is -2.60. The molecule has 388 valence electrons. The smallest absolute Gasteiger partial charge is 0.265 e. The monoisotopic (exact) mass is 1090 g/mol. The first-order valence-corrected chi connectivity index (χ1v) is 18.1. The summed E-state index contributed by atoms with van der Waals surface area (Å²) < 4.78 is 417. The summed E-state index contributed by atoms with van der Waals surface area (Å²) in [6, 6.07) is 0. The Balaban J connectivity index is 0.000000246. The van der Waals surface area contributed by atoms with Crippen molar-refractivity contribution in [3.05, 3.63) is 175 Å². The highest BCUT2D eigenvalue weighted by molar-refractivity contribution is 6.96. The van der Waals surface area contributed by atoms with Crippen LogP contribution < -0.4 is 38.1 Å². The van der Waals surface area contributed by atoms with Crippen LogP contribution in [-0.4, -0.2) is 32.9 Å². The van der Waals surface area contributed by atoms with Gasteiger partial charge in [-0.2, -0.15) is 0 Å². The zero-order valence-electron chi connectivity index (χ0n) is 33.4. The molecule has 6 aromatic carbocycles. The highest BCUT2D eigenvalue weighted by Gasteiger charge is 2.47. The third-order valence-corrected chi connectivity index (χ3v) is 9.76. The Hall–Kier alpha value is -7.18. The van der Waals surface area contributed by atoms with Crippen molar-refractivity contribution in [2.75, 3.05) is 13.1 Å². The predicted molar refractivity (Wildman–Crippen MR) is 188 cm³/mol. The fourth-order valence-corrected chi connectivity index (χ4v) is 6.44. The number of halogens is 30. The normalized spacial score (nSPS) is 11.9. The van der Waals surface area contributed by atoms with Crippen LogP contribution in [0.25, 0.3) is 0 Å². The van der Waals surface area contributed by atoms with Crippen molar-refractivity contribution in [2.45, 2.75) is 0 Å². The number of hydrogen-bond donors (Lipinski definition) is 1. The van der Waals surface area contributed by atoms with E-state index in [-0.39, 0.29) is 0 Å². The van der Waals surface area contributed by atoms with E-state index in [1.807, 2.05) is 0 Å². The molecule has 34 heteroatoms. The number of nitrogens with one attached hydrogen (secondary N) is 1. The van der Waals surface area contributed by atoms with Crippen LogP contribution in [0.1, 0.15) is 0 Å². The maximum absolute atomic E-state index is 14.4. The second-order valence-electron chi connectivity index (χ2n) is 13.8. The van der Waals surface area contributed by atoms with Gasteiger partial charge in [-0.3, -0.25) is 4.99 Å². The fraction of sp³-hybridized carbons (Fsp3) is 0.0513. The first-order chi connectivity index (χ1) is 33.8. The molecule has 0 aliphatic carbocycles. The van der Waals surface area contributed by atoms with Gasteiger partial charge in [-0.25, -0.2) is 132 Å². The van der Waals surface area contributed by atoms with Crippen LogP contribution in [0.15, 0.2) is 4.99 Å². The molecule has 0 saturated carbocycles. The summed E-state index contributed by atoms with van der Waals surface area (Å²) in [5.74, 6) is -90.4. The maximum Gasteiger partial charge on any atom is 0.265 e. The van der Waals surface area contributed by atoms with Crippen molar-refractivity contribution >= 4 is 52.5 Å². The van der Waals surface area contributed by atoms with E-state index in [4.69, 9.17) is 0 Å². The highest BCUT2D eigenvalue weighted by Crippen LogP contribution is 2.26. The van der Waals surface area contributed by atoms with Gasteiger partial charge in [0.2, 0.25) is 0 Å². The number of nitrogens with zero attached hydrogens (tertiary/aromatic N) is 1. The lowest BCUT2D eigenvalue weighted by Gasteiger charge is -2.21. The van der Waals surface area contributed by atoms with Crippen LogP contribution in [0.5, 0.6) is 0 Å². The average Bonchev–Trinajstić information content (AvgIpc) is 3.97. The van der Waals surface area contributed by atoms with Gasteiger partial charge in [-0.1, -0.05) is 0 Å². The Labute approximate surface area is 382 Å². The molecule has 0 radical (unpaired) electrons. The van der Waals surface area contributed by atoms with Crippen molar-refractivity contribution in [1.82, 2.24) is 5.32 Å². The molecule has 0 bridgehead atoms. The number of aliphatic imine (C=N–C) groups is 1. The molecule has 0 aromatic heterocycles. The minimum Gasteiger partial charge on any atom is -0.375 e. The molecule has 1 aliphatic heterocycles. The molecule has 6 aromatic rings. The van der Waals surface area contributed by atoms with Crippen LogP contribution in [0.2, 0.25) is 0 Å². The van der Waals surface area contributed by atoms with Crippen molar-refractivity contribution in [3.8, 4) is 0 Å². The van der Waals surface area contributed by atoms with Gasteiger partial charge in [-0.05, 0) is 0 Å². The first kappa shape index (κ1) is 56.7. The van der Waals surface area contributed by atoms with E-state index in [1.165, 1.54) is 0 Å². The van der Waals surface area contributed by atoms with Gasteiger partial charge in [0.1, 0.15) is 0 Å². The van der Waals surface area contributed by atoms with Gasteiger partial charge in [0.15, 0.2) is 175 Å². The van der Waals surface area contributed by atoms with Crippen molar-refractivity contribution in [2.24, 2.45) is 4.99 Å². The van der Waals surface area contributed by atoms with Gasteiger partial charge >= 0.3 is 0 Å². The SMILES string of the molecule is C1=NCCN1.Fc1c(F)c(F)c(B(c2c(F)c(F)c(F)c(F)c2F)c2c(F)c(F)c(F)c(F)c2F)c(F)c1F.Fc1c(F)c(F)c(B(c2c(F)c(F)c(F)c(F)c2F)c2c(F)c(F)c(F)c(F)c2F)c(F)c1F. The van der Waals surface area contributed by atoms with Crippen LogP contribution in [-0.2, 0) is 0 Å². The summed E-state index contributed by atoms with van der Waals surface area (Å²) >= 11 is 0. The summed E-state index contributed by atoms with van der Waals surface area (Å²) in [6.45, 7) is -5.93. The number of benzene rings is 6. The molecular formula is C39H6B2F30N2. The second-order valence-corrected chi connectivity index (χ2v) is 13.8. The summed E-state index contributed by atoms with van der Waals surface area (Å²) in [5.41, 5.74) is -16.1. The van der Waals surface area contributed by atoms with Gasteiger partial charge in [0.05, 0.1) is 12.9 Å². The molecule has 1 aliphatic rings. The molecule has 0 amide bonds. The van der Waals surface area contributed by atoms with Gasteiger partial charge in [0.25, 0.3) is 13.4 Å². The highest BCUT2D eigenvalue weighted by atomic mass is 19.2. The van der Waals surface area contributed by atoms with E-state index in [0.29, 0.717) is 0 Å². The molecule has 0 fully saturated rings. The van der Waals surface area contributed by atoms with E-state index < -0.39 is 221 Å². The summed E-state index contributed by atoms with van der Waals surface area (Å²) in [4.78, 5) is 3.85. The standard InChI is InChI=1S/2C18BF15.C3H6N2/c2*20-4-1(5(21)11(27)16(32)10(4)26)19(2-6(22)12(28)17(33)13(29)7(2)23)3-8(24)14(30)18(34)15(31)9(3)25;1-2-5-3-4-1/h;;3H,1-2H2,(H,4,5). The van der Waals surface area contributed by atoms with E-state index in [9.17, 15) is 132 Å². The minimum atomic E-state index is -3.96. The van der Waals surface area contributed by atoms with E-state index in [2.05, 4.69) is 10.3 Å². The Bertz CT molecular complexity index is 2590. The van der Waals surface area contributed by atoms with E-state index in [1.54, 1.807) is 6.34 Å². The molecular weight excluding hydrogens is 1090 g/mol. The molecule has 1 heterocycles. The third-order valence-electron chi connectivity index (χ3n) is 9.76. The summed E-state index contributed by atoms with van der Waals surface area (Å²) in [7, 11) is 0. The minimum absolute atomic E-state index is 0.958. The number of hydrogen-bond acceptors (Lipinski definition) is 2. The predicted octanol–water partition coefficient (Wildman–Crippen LogP) is 8.20. The van der Waals surface area contributed by atoms with Gasteiger partial charge in [-0.15, -0.1) is 0 Å².